The maximum atomic E-state index is 12.4. The van der Waals surface area contributed by atoms with Gasteiger partial charge < -0.3 is 9.84 Å². The Balaban J connectivity index is 1.72. The van der Waals surface area contributed by atoms with E-state index in [4.69, 9.17) is 0 Å². The highest BCUT2D eigenvalue weighted by atomic mass is 32.2. The van der Waals surface area contributed by atoms with E-state index in [0.717, 1.165) is 29.8 Å². The molecule has 0 saturated heterocycles. The summed E-state index contributed by atoms with van der Waals surface area (Å²) in [7, 11) is -4.00. The highest BCUT2D eigenvalue weighted by molar-refractivity contribution is 7.89. The van der Waals surface area contributed by atoms with Crippen LogP contribution in [-0.2, 0) is 22.0 Å². The van der Waals surface area contributed by atoms with E-state index in [2.05, 4.69) is 9.46 Å². The van der Waals surface area contributed by atoms with Crippen molar-refractivity contribution in [2.45, 2.75) is 29.7 Å². The molecule has 1 aliphatic carbocycles. The summed E-state index contributed by atoms with van der Waals surface area (Å²) in [5.41, 5.74) is 0.322. The minimum absolute atomic E-state index is 0.220. The smallest absolute Gasteiger partial charge is 0.406 e. The lowest BCUT2D eigenvalue weighted by molar-refractivity contribution is -0.274. The second kappa shape index (κ2) is 6.57. The fourth-order valence-electron chi connectivity index (χ4n) is 2.97. The molecule has 0 unspecified atom stereocenters. The first-order valence-electron chi connectivity index (χ1n) is 7.75. The summed E-state index contributed by atoms with van der Waals surface area (Å²) in [6, 6.07) is 11.1. The first-order valence-corrected chi connectivity index (χ1v) is 9.24. The maximum Gasteiger partial charge on any atom is 0.573 e. The van der Waals surface area contributed by atoms with Crippen LogP contribution in [0.15, 0.2) is 53.4 Å². The van der Waals surface area contributed by atoms with Gasteiger partial charge in [-0.15, -0.1) is 13.2 Å². The van der Waals surface area contributed by atoms with E-state index >= 15 is 0 Å². The monoisotopic (exact) mass is 387 g/mol. The van der Waals surface area contributed by atoms with Crippen molar-refractivity contribution in [2.24, 2.45) is 0 Å². The summed E-state index contributed by atoms with van der Waals surface area (Å²) in [6.07, 6.45) is -3.83. The molecule has 3 rings (SSSR count). The van der Waals surface area contributed by atoms with E-state index in [9.17, 15) is 26.7 Å². The molecule has 0 amide bonds. The van der Waals surface area contributed by atoms with Gasteiger partial charge in [0.15, 0.2) is 0 Å². The third-order valence-electron chi connectivity index (χ3n) is 4.25. The summed E-state index contributed by atoms with van der Waals surface area (Å²) in [5, 5.41) is 10.8. The molecule has 0 saturated carbocycles. The number of nitrogens with one attached hydrogen (secondary N) is 1. The van der Waals surface area contributed by atoms with Gasteiger partial charge in [-0.25, -0.2) is 13.1 Å². The molecule has 0 aromatic heterocycles. The van der Waals surface area contributed by atoms with Crippen LogP contribution in [0.3, 0.4) is 0 Å². The zero-order valence-electron chi connectivity index (χ0n) is 13.5. The van der Waals surface area contributed by atoms with Gasteiger partial charge in [0.2, 0.25) is 10.0 Å². The fraction of sp³-hybridized carbons (Fsp3) is 0.294. The third-order valence-corrected chi connectivity index (χ3v) is 5.67. The Morgan fingerprint density at radius 2 is 1.77 bits per heavy atom. The lowest BCUT2D eigenvalue weighted by Gasteiger charge is -2.24. The molecule has 0 fully saturated rings. The standard InChI is InChI=1S/C17H16F3NO4S/c18-17(19,20)25-13-5-7-14(8-6-13)26(23,24)21-11-16(22)10-9-12-3-1-2-4-15(12)16/h1-8,21-22H,9-11H2/t16-/m0/s1. The van der Waals surface area contributed by atoms with Gasteiger partial charge in [0, 0.05) is 6.54 Å². The lowest BCUT2D eigenvalue weighted by atomic mass is 9.96. The molecular weight excluding hydrogens is 371 g/mol. The lowest BCUT2D eigenvalue weighted by Crippen LogP contribution is -2.39. The molecule has 0 heterocycles. The van der Waals surface area contributed by atoms with E-state index < -0.39 is 27.7 Å². The van der Waals surface area contributed by atoms with Crippen LogP contribution < -0.4 is 9.46 Å². The maximum absolute atomic E-state index is 12.4. The van der Waals surface area contributed by atoms with Crippen molar-refractivity contribution < 1.29 is 31.4 Å². The average molecular weight is 387 g/mol. The van der Waals surface area contributed by atoms with Crippen LogP contribution in [0.2, 0.25) is 0 Å². The summed E-state index contributed by atoms with van der Waals surface area (Å²) in [4.78, 5) is -0.220. The Labute approximate surface area is 148 Å². The van der Waals surface area contributed by atoms with Crippen molar-refractivity contribution in [3.8, 4) is 5.75 Å². The van der Waals surface area contributed by atoms with Gasteiger partial charge in [-0.1, -0.05) is 24.3 Å². The highest BCUT2D eigenvalue weighted by Crippen LogP contribution is 2.36. The molecule has 0 radical (unpaired) electrons. The molecule has 0 aliphatic heterocycles. The zero-order chi connectivity index (χ0) is 19.0. The minimum atomic E-state index is -4.85. The molecule has 5 nitrogen and oxygen atoms in total. The second-order valence-corrected chi connectivity index (χ2v) is 7.80. The number of hydrogen-bond acceptors (Lipinski definition) is 4. The number of alkyl halides is 3. The number of halogens is 3. The van der Waals surface area contributed by atoms with Crippen molar-refractivity contribution in [3.63, 3.8) is 0 Å². The molecule has 0 spiro atoms. The highest BCUT2D eigenvalue weighted by Gasteiger charge is 2.37. The molecule has 2 N–H and O–H groups in total. The van der Waals surface area contributed by atoms with Crippen LogP contribution in [0.4, 0.5) is 13.2 Å². The Morgan fingerprint density at radius 1 is 1.12 bits per heavy atom. The predicted octanol–water partition coefficient (Wildman–Crippen LogP) is 2.70. The number of rotatable bonds is 5. The predicted molar refractivity (Wildman–Crippen MR) is 87.0 cm³/mol. The van der Waals surface area contributed by atoms with Crippen molar-refractivity contribution >= 4 is 10.0 Å². The minimum Gasteiger partial charge on any atom is -0.406 e. The van der Waals surface area contributed by atoms with Gasteiger partial charge >= 0.3 is 6.36 Å². The second-order valence-electron chi connectivity index (χ2n) is 6.03. The molecule has 0 bridgehead atoms. The van der Waals surface area contributed by atoms with Gasteiger partial charge in [-0.05, 0) is 48.2 Å². The van der Waals surface area contributed by atoms with Crippen molar-refractivity contribution in [3.05, 3.63) is 59.7 Å². The zero-order valence-corrected chi connectivity index (χ0v) is 14.3. The van der Waals surface area contributed by atoms with Crippen LogP contribution >= 0.6 is 0 Å². The van der Waals surface area contributed by atoms with Gasteiger partial charge in [0.05, 0.1) is 4.90 Å². The van der Waals surface area contributed by atoms with Gasteiger partial charge in [-0.2, -0.15) is 0 Å². The molecular formula is C17H16F3NO4S. The third kappa shape index (κ3) is 4.00. The van der Waals surface area contributed by atoms with Crippen LogP contribution in [0.1, 0.15) is 17.5 Å². The van der Waals surface area contributed by atoms with Crippen LogP contribution in [0.25, 0.3) is 0 Å². The van der Waals surface area contributed by atoms with Gasteiger partial charge in [-0.3, -0.25) is 0 Å². The summed E-state index contributed by atoms with van der Waals surface area (Å²) in [5.74, 6) is -0.514. The summed E-state index contributed by atoms with van der Waals surface area (Å²) in [6.45, 7) is -0.229. The number of ether oxygens (including phenoxy) is 1. The van der Waals surface area contributed by atoms with Crippen molar-refractivity contribution in [1.29, 1.82) is 0 Å². The van der Waals surface area contributed by atoms with E-state index in [1.54, 1.807) is 12.1 Å². The van der Waals surface area contributed by atoms with Gasteiger partial charge in [0.1, 0.15) is 11.4 Å². The summed E-state index contributed by atoms with van der Waals surface area (Å²) >= 11 is 0. The summed E-state index contributed by atoms with van der Waals surface area (Å²) < 4.78 is 67.2. The Kier molecular flexibility index (Phi) is 4.72. The number of aryl methyl sites for hydroxylation is 1. The number of hydrogen-bond donors (Lipinski definition) is 2. The van der Waals surface area contributed by atoms with Crippen molar-refractivity contribution in [2.75, 3.05) is 6.54 Å². The molecule has 140 valence electrons. The Morgan fingerprint density at radius 3 is 2.42 bits per heavy atom. The topological polar surface area (TPSA) is 75.6 Å². The number of sulfonamides is 1. The molecule has 9 heteroatoms. The quantitative estimate of drug-likeness (QED) is 0.827. The van der Waals surface area contributed by atoms with Crippen molar-refractivity contribution in [1.82, 2.24) is 4.72 Å². The largest absolute Gasteiger partial charge is 0.573 e. The van der Waals surface area contributed by atoms with E-state index in [1.807, 2.05) is 12.1 Å². The van der Waals surface area contributed by atoms with E-state index in [1.165, 1.54) is 0 Å². The molecule has 1 atom stereocenters. The molecule has 2 aromatic rings. The normalized spacial score (nSPS) is 20.0. The van der Waals surface area contributed by atoms with Crippen LogP contribution in [0.5, 0.6) is 5.75 Å². The molecule has 1 aliphatic rings. The fourth-order valence-corrected chi connectivity index (χ4v) is 4.06. The molecule has 26 heavy (non-hydrogen) atoms. The van der Waals surface area contributed by atoms with Crippen LogP contribution in [0, 0.1) is 0 Å². The number of benzene rings is 2. The Bertz CT molecular complexity index is 897. The van der Waals surface area contributed by atoms with E-state index in [-0.39, 0.29) is 11.4 Å². The van der Waals surface area contributed by atoms with Gasteiger partial charge in [0.25, 0.3) is 0 Å². The number of fused-ring (bicyclic) bond motifs is 1. The Hall–Kier alpha value is -2.10. The number of aliphatic hydroxyl groups is 1. The van der Waals surface area contributed by atoms with E-state index in [0.29, 0.717) is 18.4 Å². The van der Waals surface area contributed by atoms with Crippen LogP contribution in [-0.4, -0.2) is 26.4 Å². The SMILES string of the molecule is O=S(=O)(NC[C@@]1(O)CCc2ccccc21)c1ccc(OC(F)(F)F)cc1. The molecule has 2 aromatic carbocycles. The first kappa shape index (κ1) is 18.7. The average Bonchev–Trinajstić information content (AvgIpc) is 2.91. The first-order chi connectivity index (χ1) is 12.1.